The van der Waals surface area contributed by atoms with E-state index in [1.165, 1.54) is 0 Å². The van der Waals surface area contributed by atoms with Crippen LogP contribution in [0.1, 0.15) is 39.0 Å². The van der Waals surface area contributed by atoms with Crippen molar-refractivity contribution < 1.29 is 14.4 Å². The topological polar surface area (TPSA) is 81.8 Å². The number of hydrogen-bond acceptors (Lipinski definition) is 4. The van der Waals surface area contributed by atoms with Gasteiger partial charge in [0.05, 0.1) is 0 Å². The third-order valence-electron chi connectivity index (χ3n) is 5.77. The van der Waals surface area contributed by atoms with Crippen molar-refractivity contribution in [2.45, 2.75) is 50.6 Å². The summed E-state index contributed by atoms with van der Waals surface area (Å²) in [6, 6.07) is -0.277. The molecule has 0 aromatic heterocycles. The van der Waals surface area contributed by atoms with Gasteiger partial charge in [-0.2, -0.15) is 0 Å². The van der Waals surface area contributed by atoms with Gasteiger partial charge in [0.2, 0.25) is 5.91 Å². The quantitative estimate of drug-likeness (QED) is 0.729. The van der Waals surface area contributed by atoms with Crippen LogP contribution in [0.15, 0.2) is 0 Å². The van der Waals surface area contributed by atoms with Crippen molar-refractivity contribution in [1.82, 2.24) is 20.4 Å². The Morgan fingerprint density at radius 2 is 2.08 bits per heavy atom. The van der Waals surface area contributed by atoms with Gasteiger partial charge in [-0.25, -0.2) is 4.79 Å². The third kappa shape index (κ3) is 3.11. The van der Waals surface area contributed by atoms with Crippen molar-refractivity contribution in [3.63, 3.8) is 0 Å². The number of rotatable bonds is 3. The Morgan fingerprint density at radius 1 is 1.33 bits per heavy atom. The van der Waals surface area contributed by atoms with Crippen LogP contribution in [0.4, 0.5) is 4.79 Å². The van der Waals surface area contributed by atoms with E-state index in [-0.39, 0.29) is 42.7 Å². The molecule has 0 aromatic rings. The molecule has 2 aliphatic heterocycles. The van der Waals surface area contributed by atoms with Crippen LogP contribution in [-0.4, -0.2) is 65.9 Å². The maximum atomic E-state index is 12.8. The molecule has 2 saturated heterocycles. The van der Waals surface area contributed by atoms with Crippen LogP contribution in [0.5, 0.6) is 0 Å². The Bertz CT molecular complexity index is 523. The molecule has 3 unspecified atom stereocenters. The summed E-state index contributed by atoms with van der Waals surface area (Å²) in [5, 5.41) is 6.10. The molecule has 7 nitrogen and oxygen atoms in total. The van der Waals surface area contributed by atoms with Gasteiger partial charge in [0.15, 0.2) is 0 Å². The number of carbonyl (C=O) groups is 3. The number of hydrogen-bond donors (Lipinski definition) is 2. The van der Waals surface area contributed by atoms with E-state index in [4.69, 9.17) is 0 Å². The molecule has 1 saturated carbocycles. The van der Waals surface area contributed by atoms with Crippen LogP contribution < -0.4 is 10.6 Å². The standard InChI is InChI=1S/C16H26N4O3.ClH/c1-11-5-3-4-7-16(11)14(22)20(15(23)18-16)10-13(21)19(2)12-6-8-17-9-12;/h11-12,17H,3-10H2,1-2H3,(H,18,23);1H. The molecule has 2 N–H and O–H groups in total. The lowest BCUT2D eigenvalue weighted by molar-refractivity contribution is -0.140. The van der Waals surface area contributed by atoms with E-state index in [1.807, 2.05) is 6.92 Å². The molecule has 136 valence electrons. The summed E-state index contributed by atoms with van der Waals surface area (Å²) >= 11 is 0. The fourth-order valence-corrected chi connectivity index (χ4v) is 4.06. The molecule has 0 radical (unpaired) electrons. The van der Waals surface area contributed by atoms with Crippen molar-refractivity contribution in [2.24, 2.45) is 5.92 Å². The van der Waals surface area contributed by atoms with E-state index in [2.05, 4.69) is 10.6 Å². The normalized spacial score (nSPS) is 32.7. The largest absolute Gasteiger partial charge is 0.340 e. The number of carbonyl (C=O) groups excluding carboxylic acids is 3. The molecular weight excluding hydrogens is 332 g/mol. The molecule has 3 fully saturated rings. The van der Waals surface area contributed by atoms with Gasteiger partial charge in [0.1, 0.15) is 12.1 Å². The van der Waals surface area contributed by atoms with Gasteiger partial charge in [-0.05, 0) is 31.7 Å². The minimum Gasteiger partial charge on any atom is -0.340 e. The first kappa shape index (κ1) is 19.0. The van der Waals surface area contributed by atoms with E-state index >= 15 is 0 Å². The average Bonchev–Trinajstić information content (AvgIpc) is 3.13. The van der Waals surface area contributed by atoms with Crippen molar-refractivity contribution in [2.75, 3.05) is 26.7 Å². The van der Waals surface area contributed by atoms with Gasteiger partial charge in [0, 0.05) is 19.6 Å². The summed E-state index contributed by atoms with van der Waals surface area (Å²) in [4.78, 5) is 40.4. The minimum atomic E-state index is -0.789. The monoisotopic (exact) mass is 358 g/mol. The zero-order valence-electron chi connectivity index (χ0n) is 14.3. The lowest BCUT2D eigenvalue weighted by Crippen LogP contribution is -2.54. The predicted molar refractivity (Wildman–Crippen MR) is 91.9 cm³/mol. The lowest BCUT2D eigenvalue weighted by atomic mass is 9.73. The Balaban J connectivity index is 0.00000208. The summed E-state index contributed by atoms with van der Waals surface area (Å²) in [5.74, 6) is -0.284. The fraction of sp³-hybridized carbons (Fsp3) is 0.812. The first-order valence-electron chi connectivity index (χ1n) is 8.56. The van der Waals surface area contributed by atoms with Crippen molar-refractivity contribution in [3.8, 4) is 0 Å². The maximum absolute atomic E-state index is 12.8. The molecule has 3 rings (SSSR count). The fourth-order valence-electron chi connectivity index (χ4n) is 4.06. The maximum Gasteiger partial charge on any atom is 0.325 e. The zero-order valence-corrected chi connectivity index (χ0v) is 15.2. The van der Waals surface area contributed by atoms with Gasteiger partial charge in [-0.1, -0.05) is 19.8 Å². The summed E-state index contributed by atoms with van der Waals surface area (Å²) < 4.78 is 0. The third-order valence-corrected chi connectivity index (χ3v) is 5.77. The Labute approximate surface area is 148 Å². The van der Waals surface area contributed by atoms with Crippen LogP contribution in [0.3, 0.4) is 0 Å². The van der Waals surface area contributed by atoms with Crippen LogP contribution in [0, 0.1) is 5.92 Å². The molecule has 2 heterocycles. The second-order valence-corrected chi connectivity index (χ2v) is 7.09. The van der Waals surface area contributed by atoms with Crippen molar-refractivity contribution in [3.05, 3.63) is 0 Å². The summed E-state index contributed by atoms with van der Waals surface area (Å²) in [6.45, 7) is 3.51. The van der Waals surface area contributed by atoms with Gasteiger partial charge in [-0.15, -0.1) is 12.4 Å². The number of likely N-dealkylation sites (N-methyl/N-ethyl adjacent to an activating group) is 1. The second-order valence-electron chi connectivity index (χ2n) is 7.09. The number of nitrogens with one attached hydrogen (secondary N) is 2. The van der Waals surface area contributed by atoms with Gasteiger partial charge in [-0.3, -0.25) is 14.5 Å². The SMILES string of the molecule is CC1CCCCC12NC(=O)N(CC(=O)N(C)C1CCNC1)C2=O.Cl. The van der Waals surface area contributed by atoms with E-state index < -0.39 is 11.6 Å². The number of nitrogens with zero attached hydrogens (tertiary/aromatic N) is 2. The molecule has 24 heavy (non-hydrogen) atoms. The van der Waals surface area contributed by atoms with Crippen molar-refractivity contribution in [1.29, 1.82) is 0 Å². The molecule has 3 atom stereocenters. The Kier molecular flexibility index (Phi) is 5.75. The van der Waals surface area contributed by atoms with E-state index in [9.17, 15) is 14.4 Å². The van der Waals surface area contributed by atoms with Gasteiger partial charge >= 0.3 is 6.03 Å². The molecule has 3 aliphatic rings. The zero-order chi connectivity index (χ0) is 16.6. The predicted octanol–water partition coefficient (Wildman–Crippen LogP) is 0.729. The highest BCUT2D eigenvalue weighted by molar-refractivity contribution is 6.09. The molecule has 4 amide bonds. The Hall–Kier alpha value is -1.34. The van der Waals surface area contributed by atoms with Crippen LogP contribution in [0.2, 0.25) is 0 Å². The number of urea groups is 1. The summed E-state index contributed by atoms with van der Waals surface area (Å²) in [6.07, 6.45) is 4.53. The van der Waals surface area contributed by atoms with Gasteiger partial charge in [0.25, 0.3) is 5.91 Å². The smallest absolute Gasteiger partial charge is 0.325 e. The lowest BCUT2D eigenvalue weighted by Gasteiger charge is -2.36. The number of amides is 4. The molecule has 1 aliphatic carbocycles. The van der Waals surface area contributed by atoms with Crippen LogP contribution >= 0.6 is 12.4 Å². The molecule has 0 aromatic carbocycles. The van der Waals surface area contributed by atoms with Crippen LogP contribution in [0.25, 0.3) is 0 Å². The van der Waals surface area contributed by atoms with Crippen molar-refractivity contribution >= 4 is 30.3 Å². The highest BCUT2D eigenvalue weighted by Crippen LogP contribution is 2.38. The number of halogens is 1. The molecule has 0 bridgehead atoms. The van der Waals surface area contributed by atoms with Gasteiger partial charge < -0.3 is 15.5 Å². The van der Waals surface area contributed by atoms with E-state index in [0.717, 1.165) is 43.7 Å². The minimum absolute atomic E-state index is 0. The summed E-state index contributed by atoms with van der Waals surface area (Å²) in [5.41, 5.74) is -0.789. The number of imide groups is 1. The molecule has 8 heteroatoms. The Morgan fingerprint density at radius 3 is 2.71 bits per heavy atom. The van der Waals surface area contributed by atoms with E-state index in [1.54, 1.807) is 11.9 Å². The summed E-state index contributed by atoms with van der Waals surface area (Å²) in [7, 11) is 1.75. The molecular formula is C16H27ClN4O3. The first-order valence-corrected chi connectivity index (χ1v) is 8.56. The average molecular weight is 359 g/mol. The van der Waals surface area contributed by atoms with E-state index in [0.29, 0.717) is 6.42 Å². The first-order chi connectivity index (χ1) is 11.0. The van der Waals surface area contributed by atoms with Crippen LogP contribution in [-0.2, 0) is 9.59 Å². The highest BCUT2D eigenvalue weighted by Gasteiger charge is 2.55. The highest BCUT2D eigenvalue weighted by atomic mass is 35.5. The second kappa shape index (κ2) is 7.27. The molecule has 1 spiro atoms.